The fourth-order valence-electron chi connectivity index (χ4n) is 1.88. The van der Waals surface area contributed by atoms with Gasteiger partial charge in [0.25, 0.3) is 0 Å². The molecular formula is C8H14O3. The van der Waals surface area contributed by atoms with Crippen molar-refractivity contribution in [2.24, 2.45) is 0 Å². The van der Waals surface area contributed by atoms with Crippen LogP contribution >= 0.6 is 0 Å². The fraction of sp³-hybridized carbons (Fsp3) is 1.00. The zero-order chi connectivity index (χ0) is 7.73. The highest BCUT2D eigenvalue weighted by molar-refractivity contribution is 4.83. The Hall–Kier alpha value is -0.120. The first kappa shape index (κ1) is 7.53. The van der Waals surface area contributed by atoms with E-state index in [1.54, 1.807) is 0 Å². The van der Waals surface area contributed by atoms with E-state index in [0.717, 1.165) is 12.8 Å². The van der Waals surface area contributed by atoms with Crippen molar-refractivity contribution in [3.63, 3.8) is 0 Å². The predicted octanol–water partition coefficient (Wildman–Crippen LogP) is 0.664. The van der Waals surface area contributed by atoms with E-state index in [2.05, 4.69) is 0 Å². The van der Waals surface area contributed by atoms with Crippen LogP contribution in [0.25, 0.3) is 0 Å². The molecule has 0 amide bonds. The molecule has 1 aliphatic heterocycles. The van der Waals surface area contributed by atoms with Gasteiger partial charge in [0.1, 0.15) is 6.10 Å². The SMILES string of the molecule is OC[C@H]1COC2(CCCC2)O1. The summed E-state index contributed by atoms with van der Waals surface area (Å²) in [6.45, 7) is 0.651. The first-order valence-electron chi connectivity index (χ1n) is 4.27. The average Bonchev–Trinajstić information content (AvgIpc) is 2.62. The van der Waals surface area contributed by atoms with Crippen LogP contribution in [0.1, 0.15) is 25.7 Å². The van der Waals surface area contributed by atoms with Crippen molar-refractivity contribution in [2.75, 3.05) is 13.2 Å². The van der Waals surface area contributed by atoms with Crippen molar-refractivity contribution in [3.05, 3.63) is 0 Å². The minimum absolute atomic E-state index is 0.0758. The van der Waals surface area contributed by atoms with E-state index >= 15 is 0 Å². The molecule has 1 saturated carbocycles. The average molecular weight is 158 g/mol. The van der Waals surface area contributed by atoms with E-state index in [0.29, 0.717) is 6.61 Å². The molecule has 2 rings (SSSR count). The van der Waals surface area contributed by atoms with Crippen molar-refractivity contribution < 1.29 is 14.6 Å². The Balaban J connectivity index is 1.96. The van der Waals surface area contributed by atoms with Gasteiger partial charge in [0, 0.05) is 12.8 Å². The summed E-state index contributed by atoms with van der Waals surface area (Å²) in [6, 6.07) is 0. The number of aliphatic hydroxyl groups is 1. The number of hydrogen-bond donors (Lipinski definition) is 1. The molecule has 2 fully saturated rings. The summed E-state index contributed by atoms with van der Waals surface area (Å²) in [5.74, 6) is -0.298. The van der Waals surface area contributed by atoms with Crippen LogP contribution in [0, 0.1) is 0 Å². The zero-order valence-corrected chi connectivity index (χ0v) is 6.58. The Labute approximate surface area is 66.3 Å². The van der Waals surface area contributed by atoms with Gasteiger partial charge in [-0.3, -0.25) is 0 Å². The van der Waals surface area contributed by atoms with Crippen LogP contribution in [-0.2, 0) is 9.47 Å². The summed E-state index contributed by atoms with van der Waals surface area (Å²) in [5.41, 5.74) is 0. The topological polar surface area (TPSA) is 38.7 Å². The fourth-order valence-corrected chi connectivity index (χ4v) is 1.88. The highest BCUT2D eigenvalue weighted by Gasteiger charge is 2.43. The number of rotatable bonds is 1. The van der Waals surface area contributed by atoms with E-state index in [1.165, 1.54) is 12.8 Å². The maximum Gasteiger partial charge on any atom is 0.169 e. The molecular weight excluding hydrogens is 144 g/mol. The third-order valence-corrected chi connectivity index (χ3v) is 2.48. The van der Waals surface area contributed by atoms with Crippen LogP contribution in [0.4, 0.5) is 0 Å². The standard InChI is InChI=1S/C8H14O3/c9-5-7-6-10-8(11-7)3-1-2-4-8/h7,9H,1-6H2/t7-/m0/s1. The van der Waals surface area contributed by atoms with E-state index in [4.69, 9.17) is 14.6 Å². The summed E-state index contributed by atoms with van der Waals surface area (Å²) in [4.78, 5) is 0. The summed E-state index contributed by atoms with van der Waals surface area (Å²) >= 11 is 0. The Morgan fingerprint density at radius 2 is 2.09 bits per heavy atom. The Kier molecular flexibility index (Phi) is 1.87. The van der Waals surface area contributed by atoms with Gasteiger partial charge in [-0.2, -0.15) is 0 Å². The van der Waals surface area contributed by atoms with Crippen LogP contribution in [0.5, 0.6) is 0 Å². The zero-order valence-electron chi connectivity index (χ0n) is 6.58. The highest BCUT2D eigenvalue weighted by atomic mass is 16.7. The Bertz CT molecular complexity index is 140. The van der Waals surface area contributed by atoms with Crippen molar-refractivity contribution in [3.8, 4) is 0 Å². The van der Waals surface area contributed by atoms with Gasteiger partial charge in [-0.05, 0) is 12.8 Å². The molecule has 11 heavy (non-hydrogen) atoms. The van der Waals surface area contributed by atoms with Gasteiger partial charge in [-0.25, -0.2) is 0 Å². The van der Waals surface area contributed by atoms with Gasteiger partial charge in [-0.15, -0.1) is 0 Å². The van der Waals surface area contributed by atoms with Crippen molar-refractivity contribution in [1.82, 2.24) is 0 Å². The molecule has 0 aromatic rings. The summed E-state index contributed by atoms with van der Waals surface area (Å²) in [7, 11) is 0. The van der Waals surface area contributed by atoms with Gasteiger partial charge in [0.2, 0.25) is 0 Å². The largest absolute Gasteiger partial charge is 0.394 e. The maximum absolute atomic E-state index is 8.80. The lowest BCUT2D eigenvalue weighted by Gasteiger charge is -2.21. The minimum atomic E-state index is -0.298. The lowest BCUT2D eigenvalue weighted by molar-refractivity contribution is -0.165. The van der Waals surface area contributed by atoms with Crippen LogP contribution in [-0.4, -0.2) is 30.2 Å². The smallest absolute Gasteiger partial charge is 0.169 e. The lowest BCUT2D eigenvalue weighted by atomic mass is 10.2. The number of hydrogen-bond acceptors (Lipinski definition) is 3. The van der Waals surface area contributed by atoms with Gasteiger partial charge in [0.05, 0.1) is 13.2 Å². The van der Waals surface area contributed by atoms with E-state index in [9.17, 15) is 0 Å². The molecule has 1 spiro atoms. The van der Waals surface area contributed by atoms with Gasteiger partial charge in [-0.1, -0.05) is 0 Å². The molecule has 0 bridgehead atoms. The van der Waals surface area contributed by atoms with Crippen LogP contribution in [0.3, 0.4) is 0 Å². The first-order chi connectivity index (χ1) is 5.35. The van der Waals surface area contributed by atoms with E-state index in [-0.39, 0.29) is 18.5 Å². The molecule has 64 valence electrons. The molecule has 3 heteroatoms. The molecule has 0 unspecified atom stereocenters. The number of ether oxygens (including phenoxy) is 2. The van der Waals surface area contributed by atoms with Gasteiger partial charge in [0.15, 0.2) is 5.79 Å². The highest BCUT2D eigenvalue weighted by Crippen LogP contribution is 2.38. The maximum atomic E-state index is 8.80. The third kappa shape index (κ3) is 1.28. The summed E-state index contributed by atoms with van der Waals surface area (Å²) in [5, 5.41) is 8.80. The van der Waals surface area contributed by atoms with Gasteiger partial charge < -0.3 is 14.6 Å². The predicted molar refractivity (Wildman–Crippen MR) is 39.1 cm³/mol. The van der Waals surface area contributed by atoms with E-state index in [1.807, 2.05) is 0 Å². The van der Waals surface area contributed by atoms with Crippen LogP contribution in [0.2, 0.25) is 0 Å². The second-order valence-electron chi connectivity index (χ2n) is 3.35. The summed E-state index contributed by atoms with van der Waals surface area (Å²) in [6.07, 6.45) is 4.32. The van der Waals surface area contributed by atoms with Crippen molar-refractivity contribution in [2.45, 2.75) is 37.6 Å². The van der Waals surface area contributed by atoms with E-state index < -0.39 is 0 Å². The molecule has 1 N–H and O–H groups in total. The molecule has 0 aromatic carbocycles. The molecule has 1 aliphatic carbocycles. The minimum Gasteiger partial charge on any atom is -0.394 e. The molecule has 1 atom stereocenters. The molecule has 1 heterocycles. The quantitative estimate of drug-likeness (QED) is 0.609. The normalized spacial score (nSPS) is 35.2. The molecule has 1 saturated heterocycles. The van der Waals surface area contributed by atoms with Crippen LogP contribution in [0.15, 0.2) is 0 Å². The molecule has 0 aromatic heterocycles. The first-order valence-corrected chi connectivity index (χ1v) is 4.27. The van der Waals surface area contributed by atoms with Crippen LogP contribution < -0.4 is 0 Å². The summed E-state index contributed by atoms with van der Waals surface area (Å²) < 4.78 is 11.1. The van der Waals surface area contributed by atoms with Crippen molar-refractivity contribution >= 4 is 0 Å². The van der Waals surface area contributed by atoms with Crippen molar-refractivity contribution in [1.29, 1.82) is 0 Å². The Morgan fingerprint density at radius 1 is 1.36 bits per heavy atom. The number of aliphatic hydroxyl groups excluding tert-OH is 1. The van der Waals surface area contributed by atoms with Gasteiger partial charge >= 0.3 is 0 Å². The molecule has 0 radical (unpaired) electrons. The lowest BCUT2D eigenvalue weighted by Crippen LogP contribution is -2.27. The Morgan fingerprint density at radius 3 is 2.64 bits per heavy atom. The third-order valence-electron chi connectivity index (χ3n) is 2.48. The monoisotopic (exact) mass is 158 g/mol. The second-order valence-corrected chi connectivity index (χ2v) is 3.35. The molecule has 2 aliphatic rings. The molecule has 3 nitrogen and oxygen atoms in total. The second kappa shape index (κ2) is 2.73.